The first kappa shape index (κ1) is 13.3. The van der Waals surface area contributed by atoms with E-state index in [9.17, 15) is 18.0 Å². The van der Waals surface area contributed by atoms with E-state index in [1.807, 2.05) is 30.3 Å². The quantitative estimate of drug-likeness (QED) is 0.784. The fourth-order valence-corrected chi connectivity index (χ4v) is 4.13. The van der Waals surface area contributed by atoms with Crippen LogP contribution in [0.5, 0.6) is 0 Å². The van der Waals surface area contributed by atoms with Crippen LogP contribution in [0.3, 0.4) is 0 Å². The number of sulfonamides is 1. The summed E-state index contributed by atoms with van der Waals surface area (Å²) < 4.78 is 22.7. The Hall–Kier alpha value is -1.73. The van der Waals surface area contributed by atoms with Crippen molar-refractivity contribution in [1.82, 2.24) is 4.90 Å². The number of fused-ring (bicyclic) bond motifs is 1. The lowest BCUT2D eigenvalue weighted by Crippen LogP contribution is -2.50. The van der Waals surface area contributed by atoms with E-state index in [0.29, 0.717) is 0 Å². The number of amides is 2. The van der Waals surface area contributed by atoms with Crippen LogP contribution in [0.4, 0.5) is 0 Å². The Balaban J connectivity index is 1.82. The largest absolute Gasteiger partial charge is 0.278 e. The lowest BCUT2D eigenvalue weighted by Gasteiger charge is -2.34. The highest BCUT2D eigenvalue weighted by Gasteiger charge is 2.61. The Morgan fingerprint density at radius 2 is 1.80 bits per heavy atom. The number of primary sulfonamides is 1. The molecule has 0 aromatic heterocycles. The molecule has 0 spiro atoms. The third-order valence-electron chi connectivity index (χ3n) is 4.06. The summed E-state index contributed by atoms with van der Waals surface area (Å²) in [6.07, 6.45) is 0.152. The molecule has 20 heavy (non-hydrogen) atoms. The van der Waals surface area contributed by atoms with E-state index >= 15 is 0 Å². The van der Waals surface area contributed by atoms with Gasteiger partial charge in [0.05, 0.1) is 23.6 Å². The molecule has 0 radical (unpaired) electrons. The van der Waals surface area contributed by atoms with Gasteiger partial charge in [0.2, 0.25) is 21.8 Å². The van der Waals surface area contributed by atoms with Crippen molar-refractivity contribution in [3.63, 3.8) is 0 Å². The van der Waals surface area contributed by atoms with Gasteiger partial charge in [-0.25, -0.2) is 13.6 Å². The van der Waals surface area contributed by atoms with Crippen molar-refractivity contribution in [3.05, 3.63) is 35.9 Å². The van der Waals surface area contributed by atoms with E-state index < -0.39 is 33.0 Å². The highest BCUT2D eigenvalue weighted by atomic mass is 32.2. The Morgan fingerprint density at radius 3 is 2.40 bits per heavy atom. The van der Waals surface area contributed by atoms with Gasteiger partial charge in [0, 0.05) is 0 Å². The van der Waals surface area contributed by atoms with Gasteiger partial charge >= 0.3 is 0 Å². The Bertz CT molecular complexity index is 671. The second-order valence-electron chi connectivity index (χ2n) is 5.24. The third kappa shape index (κ3) is 1.94. The smallest absolute Gasteiger partial charge is 0.234 e. The average molecular weight is 294 g/mol. The van der Waals surface area contributed by atoms with Crippen LogP contribution in [-0.2, 0) is 26.2 Å². The molecule has 0 bridgehead atoms. The predicted octanol–water partition coefficient (Wildman–Crippen LogP) is -0.151. The zero-order valence-corrected chi connectivity index (χ0v) is 11.4. The molecule has 3 rings (SSSR count). The van der Waals surface area contributed by atoms with Crippen molar-refractivity contribution in [2.45, 2.75) is 18.2 Å². The van der Waals surface area contributed by atoms with Gasteiger partial charge in [0.25, 0.3) is 0 Å². The molecule has 1 saturated heterocycles. The molecule has 1 aliphatic heterocycles. The van der Waals surface area contributed by atoms with Crippen LogP contribution in [0, 0.1) is 11.8 Å². The van der Waals surface area contributed by atoms with Gasteiger partial charge < -0.3 is 0 Å². The lowest BCUT2D eigenvalue weighted by atomic mass is 9.75. The van der Waals surface area contributed by atoms with E-state index in [0.717, 1.165) is 10.5 Å². The maximum atomic E-state index is 12.2. The summed E-state index contributed by atoms with van der Waals surface area (Å²) in [5, 5.41) is 4.18. The van der Waals surface area contributed by atoms with Gasteiger partial charge in [-0.1, -0.05) is 30.3 Å². The fraction of sp³-hybridized carbons (Fsp3) is 0.385. The van der Waals surface area contributed by atoms with Crippen LogP contribution >= 0.6 is 0 Å². The molecule has 1 heterocycles. The maximum Gasteiger partial charge on any atom is 0.234 e. The van der Waals surface area contributed by atoms with Crippen molar-refractivity contribution in [2.24, 2.45) is 17.0 Å². The predicted molar refractivity (Wildman–Crippen MR) is 70.5 cm³/mol. The highest BCUT2D eigenvalue weighted by Crippen LogP contribution is 2.45. The van der Waals surface area contributed by atoms with E-state index in [1.54, 1.807) is 0 Å². The number of benzene rings is 1. The Kier molecular flexibility index (Phi) is 2.91. The summed E-state index contributed by atoms with van der Waals surface area (Å²) in [6.45, 7) is 0.183. The van der Waals surface area contributed by atoms with Crippen molar-refractivity contribution >= 4 is 21.8 Å². The first-order valence-electron chi connectivity index (χ1n) is 6.30. The van der Waals surface area contributed by atoms with Gasteiger partial charge in [0.1, 0.15) is 0 Å². The average Bonchev–Trinajstić information content (AvgIpc) is 2.48. The van der Waals surface area contributed by atoms with E-state index in [-0.39, 0.29) is 18.9 Å². The molecule has 2 N–H and O–H groups in total. The molecule has 2 fully saturated rings. The van der Waals surface area contributed by atoms with Gasteiger partial charge in [-0.2, -0.15) is 0 Å². The van der Waals surface area contributed by atoms with Crippen LogP contribution in [0.25, 0.3) is 0 Å². The summed E-state index contributed by atoms with van der Waals surface area (Å²) in [6, 6.07) is 9.12. The zero-order valence-electron chi connectivity index (χ0n) is 10.6. The molecular weight excluding hydrogens is 280 g/mol. The summed E-state index contributed by atoms with van der Waals surface area (Å²) in [5.74, 6) is -2.02. The summed E-state index contributed by atoms with van der Waals surface area (Å²) in [4.78, 5) is 25.5. The number of carbonyl (C=O) groups is 2. The number of nitrogens with zero attached hydrogens (tertiary/aromatic N) is 1. The van der Waals surface area contributed by atoms with Gasteiger partial charge in [-0.3, -0.25) is 14.5 Å². The second-order valence-corrected chi connectivity index (χ2v) is 7.03. The van der Waals surface area contributed by atoms with Crippen molar-refractivity contribution in [3.8, 4) is 0 Å². The van der Waals surface area contributed by atoms with E-state index in [4.69, 9.17) is 5.14 Å². The number of likely N-dealkylation sites (tertiary alicyclic amines) is 1. The number of hydrogen-bond donors (Lipinski definition) is 1. The SMILES string of the molecule is NS(=O)(=O)[C@@H]1C[C@H]2C(=O)N(Cc3ccccc3)C(=O)[C@@H]12. The van der Waals surface area contributed by atoms with Gasteiger partial charge in [-0.15, -0.1) is 0 Å². The molecule has 1 aromatic rings. The highest BCUT2D eigenvalue weighted by molar-refractivity contribution is 7.89. The summed E-state index contributed by atoms with van der Waals surface area (Å²) in [5.41, 5.74) is 0.836. The number of carbonyl (C=O) groups excluding carboxylic acids is 2. The van der Waals surface area contributed by atoms with E-state index in [2.05, 4.69) is 0 Å². The normalized spacial score (nSPS) is 29.2. The first-order valence-corrected chi connectivity index (χ1v) is 7.91. The summed E-state index contributed by atoms with van der Waals surface area (Å²) >= 11 is 0. The van der Waals surface area contributed by atoms with E-state index in [1.165, 1.54) is 0 Å². The van der Waals surface area contributed by atoms with Crippen molar-refractivity contribution < 1.29 is 18.0 Å². The molecule has 106 valence electrons. The summed E-state index contributed by atoms with van der Waals surface area (Å²) in [7, 11) is -3.77. The molecule has 7 heteroatoms. The number of rotatable bonds is 3. The Labute approximate surface area is 116 Å². The first-order chi connectivity index (χ1) is 9.39. The van der Waals surface area contributed by atoms with Crippen molar-refractivity contribution in [2.75, 3.05) is 0 Å². The van der Waals surface area contributed by atoms with Gasteiger partial charge in [-0.05, 0) is 12.0 Å². The second kappa shape index (κ2) is 4.39. The van der Waals surface area contributed by atoms with Gasteiger partial charge in [0.15, 0.2) is 0 Å². The van der Waals surface area contributed by atoms with Crippen molar-refractivity contribution in [1.29, 1.82) is 0 Å². The molecule has 0 unspecified atom stereocenters. The monoisotopic (exact) mass is 294 g/mol. The molecular formula is C13H14N2O4S. The molecule has 3 atom stereocenters. The lowest BCUT2D eigenvalue weighted by molar-refractivity contribution is -0.140. The van der Waals surface area contributed by atoms with Crippen LogP contribution < -0.4 is 5.14 Å². The molecule has 2 amide bonds. The number of imide groups is 1. The van der Waals surface area contributed by atoms with Crippen LogP contribution in [0.2, 0.25) is 0 Å². The topological polar surface area (TPSA) is 97.5 Å². The molecule has 1 aliphatic carbocycles. The minimum absolute atomic E-state index is 0.152. The molecule has 6 nitrogen and oxygen atoms in total. The zero-order chi connectivity index (χ0) is 14.5. The minimum Gasteiger partial charge on any atom is -0.278 e. The number of hydrogen-bond acceptors (Lipinski definition) is 4. The van der Waals surface area contributed by atoms with Crippen LogP contribution in [-0.4, -0.2) is 30.4 Å². The third-order valence-corrected chi connectivity index (χ3v) is 5.39. The van der Waals surface area contributed by atoms with Crippen LogP contribution in [0.1, 0.15) is 12.0 Å². The maximum absolute atomic E-state index is 12.2. The van der Waals surface area contributed by atoms with Crippen LogP contribution in [0.15, 0.2) is 30.3 Å². The molecule has 2 aliphatic rings. The Morgan fingerprint density at radius 1 is 1.15 bits per heavy atom. The standard InChI is InChI=1S/C13H14N2O4S/c14-20(18,19)10-6-9-11(10)13(17)15(12(9)16)7-8-4-2-1-3-5-8/h1-5,9-11H,6-7H2,(H2,14,18,19)/t9-,10-,11-/m1/s1. The fourth-order valence-electron chi connectivity index (χ4n) is 2.94. The molecule has 1 saturated carbocycles. The number of nitrogens with two attached hydrogens (primary N) is 1. The minimum atomic E-state index is -3.77. The molecule has 1 aromatic carbocycles.